The predicted molar refractivity (Wildman–Crippen MR) is 70.3 cm³/mol. The van der Waals surface area contributed by atoms with Gasteiger partial charge in [-0.2, -0.15) is 0 Å². The highest BCUT2D eigenvalue weighted by Gasteiger charge is 2.22. The topological polar surface area (TPSA) is 42.7 Å². The first-order valence-corrected chi connectivity index (χ1v) is 6.51. The van der Waals surface area contributed by atoms with Crippen LogP contribution in [-0.2, 0) is 0 Å². The van der Waals surface area contributed by atoms with Gasteiger partial charge in [0.2, 0.25) is 0 Å². The first kappa shape index (κ1) is 11.4. The summed E-state index contributed by atoms with van der Waals surface area (Å²) >= 11 is 0. The monoisotopic (exact) mass is 242 g/mol. The van der Waals surface area contributed by atoms with E-state index in [1.165, 1.54) is 24.1 Å². The Labute approximate surface area is 107 Å². The van der Waals surface area contributed by atoms with Crippen molar-refractivity contribution in [1.29, 1.82) is 0 Å². The van der Waals surface area contributed by atoms with Gasteiger partial charge in [0, 0.05) is 24.6 Å². The van der Waals surface area contributed by atoms with Crippen LogP contribution >= 0.6 is 0 Å². The Balaban J connectivity index is 1.90. The van der Waals surface area contributed by atoms with Crippen molar-refractivity contribution in [2.45, 2.75) is 31.8 Å². The molecule has 3 heterocycles. The first-order chi connectivity index (χ1) is 8.86. The molecule has 2 aromatic rings. The Bertz CT molecular complexity index is 500. The van der Waals surface area contributed by atoms with E-state index < -0.39 is 0 Å². The summed E-state index contributed by atoms with van der Waals surface area (Å²) in [6.07, 6.45) is 10.1. The maximum absolute atomic E-state index is 4.32. The molecule has 0 bridgehead atoms. The molecule has 1 unspecified atom stereocenters. The van der Waals surface area contributed by atoms with Gasteiger partial charge in [0.25, 0.3) is 0 Å². The second-order valence-corrected chi connectivity index (χ2v) is 4.84. The van der Waals surface area contributed by atoms with E-state index in [1.807, 2.05) is 31.0 Å². The van der Waals surface area contributed by atoms with E-state index in [9.17, 15) is 0 Å². The maximum Gasteiger partial charge on any atom is 0.0954 e. The molecule has 3 rings (SSSR count). The minimum atomic E-state index is 0.276. The van der Waals surface area contributed by atoms with Gasteiger partial charge in [-0.15, -0.1) is 0 Å². The molecule has 0 aliphatic carbocycles. The number of aromatic nitrogens is 3. The molecule has 4 heteroatoms. The molecule has 2 aromatic heterocycles. The number of pyridine rings is 1. The summed E-state index contributed by atoms with van der Waals surface area (Å²) in [6.45, 7) is 3.30. The molecule has 1 aliphatic heterocycles. The van der Waals surface area contributed by atoms with E-state index in [2.05, 4.69) is 32.8 Å². The number of hydrogen-bond acceptors (Lipinski definition) is 3. The van der Waals surface area contributed by atoms with Crippen molar-refractivity contribution in [2.24, 2.45) is 0 Å². The van der Waals surface area contributed by atoms with Gasteiger partial charge < -0.3 is 9.88 Å². The van der Waals surface area contributed by atoms with E-state index in [0.29, 0.717) is 6.04 Å². The highest BCUT2D eigenvalue weighted by atomic mass is 15.1. The second-order valence-electron chi connectivity index (χ2n) is 4.84. The molecule has 4 nitrogen and oxygen atoms in total. The normalized spacial score (nSPS) is 21.1. The van der Waals surface area contributed by atoms with Crippen molar-refractivity contribution in [2.75, 3.05) is 6.54 Å². The fourth-order valence-electron chi connectivity index (χ4n) is 2.63. The summed E-state index contributed by atoms with van der Waals surface area (Å²) < 4.78 is 2.25. The number of hydrogen-bond donors (Lipinski definition) is 1. The lowest BCUT2D eigenvalue weighted by Gasteiger charge is -2.20. The number of nitrogens with one attached hydrogen (secondary N) is 1. The van der Waals surface area contributed by atoms with Crippen LogP contribution in [0.5, 0.6) is 0 Å². The highest BCUT2D eigenvalue weighted by Crippen LogP contribution is 2.27. The largest absolute Gasteiger partial charge is 0.326 e. The van der Waals surface area contributed by atoms with Gasteiger partial charge in [0.15, 0.2) is 0 Å². The number of imidazole rings is 1. The van der Waals surface area contributed by atoms with Crippen molar-refractivity contribution >= 4 is 0 Å². The van der Waals surface area contributed by atoms with Crippen LogP contribution in [0.15, 0.2) is 37.1 Å². The zero-order valence-corrected chi connectivity index (χ0v) is 10.6. The van der Waals surface area contributed by atoms with Crippen LogP contribution in [0.2, 0.25) is 0 Å². The SMILES string of the molecule is CC(c1cccnc1)n1cncc1[C@@H]1CCCN1. The molecule has 0 saturated carbocycles. The summed E-state index contributed by atoms with van der Waals surface area (Å²) in [5.74, 6) is 0. The maximum atomic E-state index is 4.32. The van der Waals surface area contributed by atoms with Crippen LogP contribution < -0.4 is 5.32 Å². The van der Waals surface area contributed by atoms with Crippen molar-refractivity contribution in [1.82, 2.24) is 19.9 Å². The molecule has 18 heavy (non-hydrogen) atoms. The Morgan fingerprint density at radius 3 is 3.06 bits per heavy atom. The van der Waals surface area contributed by atoms with E-state index in [0.717, 1.165) is 6.54 Å². The molecule has 94 valence electrons. The van der Waals surface area contributed by atoms with Gasteiger partial charge in [-0.05, 0) is 37.9 Å². The van der Waals surface area contributed by atoms with Gasteiger partial charge in [0.05, 0.1) is 18.1 Å². The van der Waals surface area contributed by atoms with Gasteiger partial charge in [-0.25, -0.2) is 4.98 Å². The summed E-state index contributed by atoms with van der Waals surface area (Å²) in [6, 6.07) is 4.82. The van der Waals surface area contributed by atoms with Gasteiger partial charge in [0.1, 0.15) is 0 Å². The number of rotatable bonds is 3. The lowest BCUT2D eigenvalue weighted by molar-refractivity contribution is 0.538. The summed E-state index contributed by atoms with van der Waals surface area (Å²) in [4.78, 5) is 8.51. The Kier molecular flexibility index (Phi) is 3.11. The van der Waals surface area contributed by atoms with Crippen LogP contribution in [-0.4, -0.2) is 21.1 Å². The van der Waals surface area contributed by atoms with Crippen LogP contribution in [0.3, 0.4) is 0 Å². The number of nitrogens with zero attached hydrogens (tertiary/aromatic N) is 3. The van der Waals surface area contributed by atoms with Gasteiger partial charge in [-0.1, -0.05) is 6.07 Å². The lowest BCUT2D eigenvalue weighted by Crippen LogP contribution is -2.19. The summed E-state index contributed by atoms with van der Waals surface area (Å²) in [5, 5.41) is 3.53. The third kappa shape index (κ3) is 2.04. The summed E-state index contributed by atoms with van der Waals surface area (Å²) in [7, 11) is 0. The van der Waals surface area contributed by atoms with Crippen molar-refractivity contribution in [3.05, 3.63) is 48.3 Å². The quantitative estimate of drug-likeness (QED) is 0.898. The zero-order chi connectivity index (χ0) is 12.4. The molecule has 0 radical (unpaired) electrons. The average molecular weight is 242 g/mol. The molecular formula is C14H18N4. The van der Waals surface area contributed by atoms with Crippen molar-refractivity contribution < 1.29 is 0 Å². The Morgan fingerprint density at radius 1 is 1.39 bits per heavy atom. The smallest absolute Gasteiger partial charge is 0.0954 e. The molecule has 1 N–H and O–H groups in total. The van der Waals surface area contributed by atoms with Crippen LogP contribution in [0.1, 0.15) is 43.1 Å². The predicted octanol–water partition coefficient (Wildman–Crippen LogP) is 2.31. The molecule has 0 aromatic carbocycles. The average Bonchev–Trinajstić information content (AvgIpc) is 3.09. The minimum Gasteiger partial charge on any atom is -0.326 e. The zero-order valence-electron chi connectivity index (χ0n) is 10.6. The third-order valence-electron chi connectivity index (χ3n) is 3.70. The van der Waals surface area contributed by atoms with Gasteiger partial charge >= 0.3 is 0 Å². The summed E-state index contributed by atoms with van der Waals surface area (Å²) in [5.41, 5.74) is 2.50. The highest BCUT2D eigenvalue weighted by molar-refractivity contribution is 5.18. The van der Waals surface area contributed by atoms with E-state index >= 15 is 0 Å². The van der Waals surface area contributed by atoms with Gasteiger partial charge in [-0.3, -0.25) is 4.98 Å². The van der Waals surface area contributed by atoms with E-state index in [4.69, 9.17) is 0 Å². The first-order valence-electron chi connectivity index (χ1n) is 6.51. The van der Waals surface area contributed by atoms with Crippen LogP contribution in [0.4, 0.5) is 0 Å². The van der Waals surface area contributed by atoms with Crippen LogP contribution in [0.25, 0.3) is 0 Å². The Morgan fingerprint density at radius 2 is 2.33 bits per heavy atom. The third-order valence-corrected chi connectivity index (χ3v) is 3.70. The molecule has 0 spiro atoms. The van der Waals surface area contributed by atoms with Crippen LogP contribution in [0, 0.1) is 0 Å². The molecule has 1 aliphatic rings. The Hall–Kier alpha value is -1.68. The van der Waals surface area contributed by atoms with Crippen molar-refractivity contribution in [3.8, 4) is 0 Å². The van der Waals surface area contributed by atoms with E-state index in [-0.39, 0.29) is 6.04 Å². The molecule has 1 fully saturated rings. The molecule has 0 amide bonds. The van der Waals surface area contributed by atoms with E-state index in [1.54, 1.807) is 0 Å². The fourth-order valence-corrected chi connectivity index (χ4v) is 2.63. The van der Waals surface area contributed by atoms with Crippen molar-refractivity contribution in [3.63, 3.8) is 0 Å². The molecule has 2 atom stereocenters. The second kappa shape index (κ2) is 4.90. The minimum absolute atomic E-state index is 0.276. The fraction of sp³-hybridized carbons (Fsp3) is 0.429. The standard InChI is InChI=1S/C14H18N4/c1-11(12-4-2-6-15-8-12)18-10-16-9-14(18)13-5-3-7-17-13/h2,4,6,8-11,13,17H,3,5,7H2,1H3/t11?,13-/m0/s1. The molecule has 1 saturated heterocycles. The lowest BCUT2D eigenvalue weighted by atomic mass is 10.1. The molecular weight excluding hydrogens is 224 g/mol.